The van der Waals surface area contributed by atoms with Crippen LogP contribution >= 0.6 is 0 Å². The van der Waals surface area contributed by atoms with Gasteiger partial charge in [0.2, 0.25) is 0 Å². The molecule has 0 atom stereocenters. The minimum atomic E-state index is -0.324. The zero-order valence-electron chi connectivity index (χ0n) is 17.6. The molecule has 0 amide bonds. The van der Waals surface area contributed by atoms with Crippen LogP contribution in [0.15, 0.2) is 60.0 Å². The Morgan fingerprint density at radius 2 is 1.83 bits per heavy atom. The average Bonchev–Trinajstić information content (AvgIpc) is 2.72. The lowest BCUT2D eigenvalue weighted by atomic mass is 9.99. The molecular formula is C25H24FNO3. The van der Waals surface area contributed by atoms with Gasteiger partial charge in [-0.25, -0.2) is 4.39 Å². The molecule has 0 fully saturated rings. The van der Waals surface area contributed by atoms with Crippen molar-refractivity contribution in [3.8, 4) is 22.6 Å². The fourth-order valence-corrected chi connectivity index (χ4v) is 3.47. The van der Waals surface area contributed by atoms with E-state index < -0.39 is 0 Å². The summed E-state index contributed by atoms with van der Waals surface area (Å²) in [6.07, 6.45) is 3.56. The first-order valence-corrected chi connectivity index (χ1v) is 9.70. The van der Waals surface area contributed by atoms with Crippen LogP contribution in [0.25, 0.3) is 11.1 Å². The maximum Gasteiger partial charge on any atom is 0.253 e. The number of nitrogens with zero attached hydrogens (tertiary/aromatic N) is 1. The van der Waals surface area contributed by atoms with Gasteiger partial charge in [-0.2, -0.15) is 0 Å². The van der Waals surface area contributed by atoms with E-state index in [4.69, 9.17) is 4.74 Å². The zero-order valence-corrected chi connectivity index (χ0v) is 17.6. The molecule has 0 saturated carbocycles. The van der Waals surface area contributed by atoms with Gasteiger partial charge in [-0.3, -0.25) is 9.59 Å². The van der Waals surface area contributed by atoms with Gasteiger partial charge in [-0.05, 0) is 73.9 Å². The highest BCUT2D eigenvalue weighted by Crippen LogP contribution is 2.37. The molecule has 1 heterocycles. The van der Waals surface area contributed by atoms with E-state index in [9.17, 15) is 14.0 Å². The number of benzene rings is 2. The highest BCUT2D eigenvalue weighted by molar-refractivity contribution is 6.05. The lowest BCUT2D eigenvalue weighted by molar-refractivity contribution is 0.104. The van der Waals surface area contributed by atoms with Gasteiger partial charge >= 0.3 is 0 Å². The third-order valence-electron chi connectivity index (χ3n) is 5.04. The summed E-state index contributed by atoms with van der Waals surface area (Å²) in [5.74, 6) is 0.530. The highest BCUT2D eigenvalue weighted by Gasteiger charge is 2.16. The van der Waals surface area contributed by atoms with E-state index in [0.717, 1.165) is 5.56 Å². The van der Waals surface area contributed by atoms with Crippen molar-refractivity contribution in [2.24, 2.45) is 7.05 Å². The third-order valence-corrected chi connectivity index (χ3v) is 5.04. The Morgan fingerprint density at radius 3 is 2.43 bits per heavy atom. The molecule has 2 aromatic carbocycles. The van der Waals surface area contributed by atoms with Gasteiger partial charge < -0.3 is 9.30 Å². The Hall–Kier alpha value is -3.47. The van der Waals surface area contributed by atoms with Gasteiger partial charge in [-0.1, -0.05) is 13.5 Å². The molecule has 5 heteroatoms. The Balaban J connectivity index is 2.23. The van der Waals surface area contributed by atoms with E-state index in [0.29, 0.717) is 45.7 Å². The van der Waals surface area contributed by atoms with Gasteiger partial charge in [0.15, 0.2) is 5.78 Å². The Labute approximate surface area is 175 Å². The average molecular weight is 405 g/mol. The van der Waals surface area contributed by atoms with Crippen molar-refractivity contribution in [3.63, 3.8) is 0 Å². The fraction of sp³-hybridized carbons (Fsp3) is 0.200. The monoisotopic (exact) mass is 405 g/mol. The van der Waals surface area contributed by atoms with Gasteiger partial charge in [0.05, 0.1) is 0 Å². The Morgan fingerprint density at radius 1 is 1.17 bits per heavy atom. The number of rotatable bonds is 6. The molecule has 0 spiro atoms. The molecule has 0 aliphatic rings. The molecule has 0 N–H and O–H groups in total. The summed E-state index contributed by atoms with van der Waals surface area (Å²) in [6, 6.07) is 9.76. The van der Waals surface area contributed by atoms with Gasteiger partial charge in [0, 0.05) is 35.5 Å². The fourth-order valence-electron chi connectivity index (χ4n) is 3.47. The first kappa shape index (κ1) is 21.2. The summed E-state index contributed by atoms with van der Waals surface area (Å²) in [5.41, 5.74) is 3.81. The normalized spacial score (nSPS) is 10.7. The summed E-state index contributed by atoms with van der Waals surface area (Å²) in [6.45, 7) is 9.03. The van der Waals surface area contributed by atoms with Crippen molar-refractivity contribution in [2.75, 3.05) is 0 Å². The van der Waals surface area contributed by atoms with Crippen LogP contribution in [0, 0.1) is 19.7 Å². The molecule has 154 valence electrons. The lowest BCUT2D eigenvalue weighted by Gasteiger charge is -2.17. The summed E-state index contributed by atoms with van der Waals surface area (Å²) in [7, 11) is 1.69. The predicted molar refractivity (Wildman–Crippen MR) is 117 cm³/mol. The number of pyridine rings is 1. The minimum Gasteiger partial charge on any atom is -0.456 e. The minimum absolute atomic E-state index is 0.0627. The van der Waals surface area contributed by atoms with E-state index in [-0.39, 0.29) is 17.2 Å². The quantitative estimate of drug-likeness (QED) is 0.400. The first-order chi connectivity index (χ1) is 14.2. The Kier molecular flexibility index (Phi) is 6.01. The standard InChI is InChI=1S/C25H24FNO3/c1-6-17-12-19(14-27(5)25(17)29)21-13-18(22(28)7-2)8-9-23(21)30-24-15(3)10-20(26)11-16(24)4/h7-14H,2,6H2,1,3-5H3. The number of halogens is 1. The molecule has 0 aliphatic heterocycles. The molecule has 0 unspecified atom stereocenters. The number of carbonyl (C=O) groups is 1. The molecule has 0 saturated heterocycles. The smallest absolute Gasteiger partial charge is 0.253 e. The second kappa shape index (κ2) is 8.49. The number of hydrogen-bond donors (Lipinski definition) is 0. The van der Waals surface area contributed by atoms with Gasteiger partial charge in [0.25, 0.3) is 5.56 Å². The largest absolute Gasteiger partial charge is 0.456 e. The van der Waals surface area contributed by atoms with E-state index in [2.05, 4.69) is 6.58 Å². The maximum absolute atomic E-state index is 13.7. The molecule has 4 nitrogen and oxygen atoms in total. The van der Waals surface area contributed by atoms with Crippen molar-refractivity contribution in [2.45, 2.75) is 27.2 Å². The van der Waals surface area contributed by atoms with Crippen LogP contribution in [-0.4, -0.2) is 10.4 Å². The van der Waals surface area contributed by atoms with Crippen LogP contribution < -0.4 is 10.3 Å². The summed E-state index contributed by atoms with van der Waals surface area (Å²) in [5, 5.41) is 0. The van der Waals surface area contributed by atoms with Gasteiger partial charge in [0.1, 0.15) is 17.3 Å². The molecule has 0 aliphatic carbocycles. The summed E-state index contributed by atoms with van der Waals surface area (Å²) < 4.78 is 21.4. The first-order valence-electron chi connectivity index (χ1n) is 9.70. The van der Waals surface area contributed by atoms with E-state index in [1.807, 2.05) is 13.0 Å². The molecule has 30 heavy (non-hydrogen) atoms. The Bertz CT molecular complexity index is 1180. The van der Waals surface area contributed by atoms with Crippen molar-refractivity contribution >= 4 is 5.78 Å². The SMILES string of the molecule is C=CC(=O)c1ccc(Oc2c(C)cc(F)cc2C)c(-c2cc(CC)c(=O)n(C)c2)c1. The number of aromatic nitrogens is 1. The topological polar surface area (TPSA) is 48.3 Å². The van der Waals surface area contributed by atoms with Crippen molar-refractivity contribution in [1.29, 1.82) is 0 Å². The molecule has 0 radical (unpaired) electrons. The summed E-state index contributed by atoms with van der Waals surface area (Å²) >= 11 is 0. The van der Waals surface area contributed by atoms with Crippen molar-refractivity contribution in [3.05, 3.63) is 93.7 Å². The van der Waals surface area contributed by atoms with Crippen LogP contribution in [0.3, 0.4) is 0 Å². The van der Waals surface area contributed by atoms with E-state index >= 15 is 0 Å². The van der Waals surface area contributed by atoms with E-state index in [1.165, 1.54) is 22.8 Å². The van der Waals surface area contributed by atoms with Crippen LogP contribution in [0.1, 0.15) is 34.0 Å². The molecule has 3 rings (SSSR count). The highest BCUT2D eigenvalue weighted by atomic mass is 19.1. The van der Waals surface area contributed by atoms with Crippen LogP contribution in [0.5, 0.6) is 11.5 Å². The zero-order chi connectivity index (χ0) is 22.0. The van der Waals surface area contributed by atoms with Crippen LogP contribution in [0.4, 0.5) is 4.39 Å². The third kappa shape index (κ3) is 4.10. The number of hydrogen-bond acceptors (Lipinski definition) is 3. The van der Waals surface area contributed by atoms with Crippen molar-refractivity contribution in [1.82, 2.24) is 4.57 Å². The molecular weight excluding hydrogens is 381 g/mol. The summed E-state index contributed by atoms with van der Waals surface area (Å²) in [4.78, 5) is 24.5. The van der Waals surface area contributed by atoms with Crippen LogP contribution in [-0.2, 0) is 13.5 Å². The molecule has 0 bridgehead atoms. The number of ether oxygens (including phenoxy) is 1. The molecule has 3 aromatic rings. The van der Waals surface area contributed by atoms with E-state index in [1.54, 1.807) is 45.3 Å². The number of aryl methyl sites for hydroxylation is 4. The lowest BCUT2D eigenvalue weighted by Crippen LogP contribution is -2.20. The second-order valence-corrected chi connectivity index (χ2v) is 7.27. The number of carbonyl (C=O) groups excluding carboxylic acids is 1. The maximum atomic E-state index is 13.7. The number of ketones is 1. The molecule has 1 aromatic heterocycles. The second-order valence-electron chi connectivity index (χ2n) is 7.27. The van der Waals surface area contributed by atoms with Crippen LogP contribution in [0.2, 0.25) is 0 Å². The number of allylic oxidation sites excluding steroid dienone is 1. The predicted octanol–water partition coefficient (Wildman–Crippen LogP) is 5.53. The van der Waals surface area contributed by atoms with Crippen molar-refractivity contribution < 1.29 is 13.9 Å². The van der Waals surface area contributed by atoms with Gasteiger partial charge in [-0.15, -0.1) is 0 Å².